The van der Waals surface area contributed by atoms with Gasteiger partial charge in [0.05, 0.1) is 11.3 Å². The van der Waals surface area contributed by atoms with Gasteiger partial charge in [-0.3, -0.25) is 10.1 Å². The van der Waals surface area contributed by atoms with Crippen molar-refractivity contribution in [1.82, 2.24) is 4.98 Å². The number of anilines is 2. The maximum Gasteiger partial charge on any atom is 0.413 e. The Morgan fingerprint density at radius 2 is 2.00 bits per heavy atom. The third kappa shape index (κ3) is 5.47. The lowest BCUT2D eigenvalue weighted by Crippen LogP contribution is -2.38. The van der Waals surface area contributed by atoms with Gasteiger partial charge in [0.1, 0.15) is 11.4 Å². The molecule has 0 radical (unpaired) electrons. The molecule has 9 nitrogen and oxygen atoms in total. The number of benzene rings is 1. The number of aromatic nitrogens is 1. The van der Waals surface area contributed by atoms with Crippen molar-refractivity contribution in [2.45, 2.75) is 51.8 Å². The predicted molar refractivity (Wildman–Crippen MR) is 119 cm³/mol. The first-order valence-electron chi connectivity index (χ1n) is 10.6. The number of carbonyl (C=O) groups is 2. The summed E-state index contributed by atoms with van der Waals surface area (Å²) in [5.41, 5.74) is 0.975. The number of hydrogen-bond acceptors (Lipinski definition) is 6. The van der Waals surface area contributed by atoms with E-state index < -0.39 is 23.6 Å². The van der Waals surface area contributed by atoms with Gasteiger partial charge < -0.3 is 14.7 Å². The molecule has 1 aromatic carbocycles. The van der Waals surface area contributed by atoms with Gasteiger partial charge in [-0.05, 0) is 51.8 Å². The molecule has 0 saturated carbocycles. The van der Waals surface area contributed by atoms with Crippen LogP contribution in [0.15, 0.2) is 42.6 Å². The molecule has 170 valence electrons. The Morgan fingerprint density at radius 3 is 2.72 bits per heavy atom. The molecule has 0 spiro atoms. The number of nitrogens with zero attached hydrogens (tertiary/aromatic N) is 3. The van der Waals surface area contributed by atoms with Crippen molar-refractivity contribution >= 4 is 23.5 Å². The van der Waals surface area contributed by atoms with Gasteiger partial charge in [-0.15, -0.1) is 0 Å². The van der Waals surface area contributed by atoms with Crippen LogP contribution in [0.2, 0.25) is 0 Å². The number of aliphatic hydroxyl groups excluding tert-OH is 1. The smallest absolute Gasteiger partial charge is 0.413 e. The van der Waals surface area contributed by atoms with E-state index in [-0.39, 0.29) is 19.0 Å². The molecule has 3 rings (SSSR count). The van der Waals surface area contributed by atoms with Crippen LogP contribution >= 0.6 is 0 Å². The number of fused-ring (bicyclic) bond motifs is 1. The monoisotopic (exact) mass is 441 g/mol. The molecule has 2 heterocycles. The summed E-state index contributed by atoms with van der Waals surface area (Å²) in [5.74, 6) is -0.314. The lowest BCUT2D eigenvalue weighted by molar-refractivity contribution is -0.592. The zero-order chi connectivity index (χ0) is 23.3. The van der Waals surface area contributed by atoms with E-state index in [1.165, 1.54) is 6.20 Å². The standard InChI is InChI=1S/C23H28N4O5/c1-23(2,3)32-22(30)25-20-17(10-8-12-24-20)19-21(29)26(13-6-7-14-28)18-11-5-4-9-16(18)15-27(19)31/h4-5,8-12,19,28H,6-7,13-15H2,1-3H3/p+1. The highest BCUT2D eigenvalue weighted by atomic mass is 16.6. The largest absolute Gasteiger partial charge is 0.444 e. The highest BCUT2D eigenvalue weighted by molar-refractivity contribution is 5.99. The van der Waals surface area contributed by atoms with E-state index in [2.05, 4.69) is 10.3 Å². The van der Waals surface area contributed by atoms with Crippen molar-refractivity contribution in [3.05, 3.63) is 58.6 Å². The van der Waals surface area contributed by atoms with Gasteiger partial charge in [0.2, 0.25) is 6.54 Å². The van der Waals surface area contributed by atoms with Crippen molar-refractivity contribution in [2.75, 3.05) is 23.4 Å². The summed E-state index contributed by atoms with van der Waals surface area (Å²) in [6.45, 7) is 5.60. The fourth-order valence-electron chi connectivity index (χ4n) is 3.60. The fraction of sp³-hybridized carbons (Fsp3) is 0.435. The number of para-hydroxylation sites is 1. The van der Waals surface area contributed by atoms with Crippen molar-refractivity contribution in [2.24, 2.45) is 0 Å². The fourth-order valence-corrected chi connectivity index (χ4v) is 3.60. The minimum Gasteiger partial charge on any atom is -0.444 e. The lowest BCUT2D eigenvalue weighted by Gasteiger charge is -2.23. The Bertz CT molecular complexity index is 1000. The Kier molecular flexibility index (Phi) is 7.19. The van der Waals surface area contributed by atoms with Crippen LogP contribution in [-0.2, 0) is 16.1 Å². The summed E-state index contributed by atoms with van der Waals surface area (Å²) < 4.78 is 6.01. The van der Waals surface area contributed by atoms with Crippen molar-refractivity contribution in [3.8, 4) is 0 Å². The van der Waals surface area contributed by atoms with E-state index in [0.717, 1.165) is 5.56 Å². The summed E-state index contributed by atoms with van der Waals surface area (Å²) in [6.07, 6.45) is 1.87. The molecule has 1 aromatic heterocycles. The second kappa shape index (κ2) is 9.86. The van der Waals surface area contributed by atoms with Gasteiger partial charge in [0.15, 0.2) is 0 Å². The molecular weight excluding hydrogens is 412 g/mol. The van der Waals surface area contributed by atoms with Crippen molar-refractivity contribution < 1.29 is 24.2 Å². The van der Waals surface area contributed by atoms with Gasteiger partial charge >= 0.3 is 18.0 Å². The van der Waals surface area contributed by atoms with Gasteiger partial charge in [-0.1, -0.05) is 18.2 Å². The molecule has 2 aromatic rings. The van der Waals surface area contributed by atoms with Gasteiger partial charge in [0, 0.05) is 34.6 Å². The minimum absolute atomic E-state index is 0.00382. The number of carbonyl (C=O) groups excluding carboxylic acids is 2. The number of pyridine rings is 1. The topological polar surface area (TPSA) is 112 Å². The van der Waals surface area contributed by atoms with Gasteiger partial charge in [-0.25, -0.2) is 9.78 Å². The number of amides is 2. The number of aliphatic hydroxyl groups is 1. The van der Waals surface area contributed by atoms with E-state index >= 15 is 0 Å². The maximum absolute atomic E-state index is 13.6. The number of hydrogen-bond donors (Lipinski definition) is 2. The van der Waals surface area contributed by atoms with Crippen LogP contribution in [0.4, 0.5) is 16.3 Å². The molecule has 2 amide bonds. The molecule has 0 bridgehead atoms. The predicted octanol–water partition coefficient (Wildman–Crippen LogP) is 3.57. The summed E-state index contributed by atoms with van der Waals surface area (Å²) in [5, 5.41) is 11.7. The highest BCUT2D eigenvalue weighted by Gasteiger charge is 2.44. The van der Waals surface area contributed by atoms with E-state index in [1.807, 2.05) is 24.3 Å². The lowest BCUT2D eigenvalue weighted by atomic mass is 10.1. The number of unbranched alkanes of at least 4 members (excludes halogenated alkanes) is 1. The number of rotatable bonds is 6. The summed E-state index contributed by atoms with van der Waals surface area (Å²) in [4.78, 5) is 44.9. The third-order valence-electron chi connectivity index (χ3n) is 4.94. The van der Waals surface area contributed by atoms with E-state index in [0.29, 0.717) is 35.4 Å². The molecule has 32 heavy (non-hydrogen) atoms. The van der Waals surface area contributed by atoms with Crippen LogP contribution in [-0.4, -0.2) is 45.6 Å². The normalized spacial score (nSPS) is 16.4. The van der Waals surface area contributed by atoms with Crippen LogP contribution < -0.4 is 10.2 Å². The average molecular weight is 442 g/mol. The quantitative estimate of drug-likeness (QED) is 0.524. The van der Waals surface area contributed by atoms with Gasteiger partial charge in [0.25, 0.3) is 0 Å². The van der Waals surface area contributed by atoms with E-state index in [9.17, 15) is 14.5 Å². The first-order chi connectivity index (χ1) is 15.2. The molecule has 0 aliphatic carbocycles. The van der Waals surface area contributed by atoms with E-state index in [4.69, 9.17) is 9.84 Å². The van der Waals surface area contributed by atoms with Crippen LogP contribution in [0.25, 0.3) is 0 Å². The first-order valence-corrected chi connectivity index (χ1v) is 10.6. The molecule has 2 N–H and O–H groups in total. The minimum atomic E-state index is -1.20. The molecule has 1 atom stereocenters. The Balaban J connectivity index is 1.98. The Hall–Kier alpha value is -3.33. The zero-order valence-corrected chi connectivity index (χ0v) is 18.6. The first kappa shape index (κ1) is 23.3. The summed E-state index contributed by atoms with van der Waals surface area (Å²) in [7, 11) is 0. The second-order valence-corrected chi connectivity index (χ2v) is 8.60. The molecule has 9 heteroatoms. The van der Waals surface area contributed by atoms with Crippen LogP contribution in [0.5, 0.6) is 0 Å². The zero-order valence-electron chi connectivity index (χ0n) is 18.6. The number of nitroso groups, excluding NO2 is 1. The molecule has 1 aliphatic rings. The van der Waals surface area contributed by atoms with Crippen molar-refractivity contribution in [3.63, 3.8) is 0 Å². The van der Waals surface area contributed by atoms with Gasteiger partial charge in [-0.2, -0.15) is 0 Å². The number of ether oxygens (including phenoxy) is 1. The van der Waals surface area contributed by atoms with E-state index in [1.54, 1.807) is 37.8 Å². The Morgan fingerprint density at radius 1 is 1.25 bits per heavy atom. The SMILES string of the molecule is CC(C)(C)OC(=O)Nc1ncccc1C1C(=O)N(CCCCO)c2ccccc2C[N+]1=O. The highest BCUT2D eigenvalue weighted by Crippen LogP contribution is 2.34. The molecule has 1 unspecified atom stereocenters. The van der Waals surface area contributed by atoms with Crippen LogP contribution in [0.3, 0.4) is 0 Å². The van der Waals surface area contributed by atoms with Crippen molar-refractivity contribution in [1.29, 1.82) is 0 Å². The summed E-state index contributed by atoms with van der Waals surface area (Å²) in [6, 6.07) is 9.29. The summed E-state index contributed by atoms with van der Waals surface area (Å²) >= 11 is 0. The average Bonchev–Trinajstić information content (AvgIpc) is 2.81. The van der Waals surface area contributed by atoms with Crippen LogP contribution in [0, 0.1) is 4.91 Å². The third-order valence-corrected chi connectivity index (χ3v) is 4.94. The van der Waals surface area contributed by atoms with Crippen LogP contribution in [0.1, 0.15) is 50.8 Å². The molecular formula is C23H29N4O5+. The molecule has 1 aliphatic heterocycles. The molecule has 0 fully saturated rings. The second-order valence-electron chi connectivity index (χ2n) is 8.60. The molecule has 0 saturated heterocycles. The number of nitrogens with one attached hydrogen (secondary N) is 1. The maximum atomic E-state index is 13.6. The Labute approximate surface area is 187 Å².